The number of anilines is 1. The number of carbonyl (C=O) groups excluding carboxylic acids is 1. The number of allylic oxidation sites excluding steroid dienone is 1. The number of hydrogen-bond acceptors (Lipinski definition) is 4. The van der Waals surface area contributed by atoms with Gasteiger partial charge in [0.25, 0.3) is 6.02 Å². The quantitative estimate of drug-likeness (QED) is 0.243. The molecule has 0 heterocycles. The minimum atomic E-state index is 0.228. The van der Waals surface area contributed by atoms with Crippen LogP contribution in [0.3, 0.4) is 0 Å². The van der Waals surface area contributed by atoms with Gasteiger partial charge in [-0.3, -0.25) is 4.79 Å². The summed E-state index contributed by atoms with van der Waals surface area (Å²) >= 11 is 0. The van der Waals surface area contributed by atoms with E-state index < -0.39 is 0 Å². The third-order valence-corrected chi connectivity index (χ3v) is 3.95. The molecule has 0 bridgehead atoms. The number of benzene rings is 1. The monoisotopic (exact) mass is 345 g/mol. The Labute approximate surface area is 151 Å². The van der Waals surface area contributed by atoms with Crippen LogP contribution in [-0.2, 0) is 9.53 Å². The van der Waals surface area contributed by atoms with Crippen LogP contribution >= 0.6 is 0 Å². The van der Waals surface area contributed by atoms with Crippen molar-refractivity contribution in [2.24, 2.45) is 4.99 Å². The minimum Gasteiger partial charge on any atom is -0.423 e. The van der Waals surface area contributed by atoms with E-state index in [9.17, 15) is 4.79 Å². The highest BCUT2D eigenvalue weighted by molar-refractivity contribution is 5.85. The van der Waals surface area contributed by atoms with Crippen molar-refractivity contribution in [3.05, 3.63) is 35.6 Å². The van der Waals surface area contributed by atoms with E-state index in [0.29, 0.717) is 18.9 Å². The largest absolute Gasteiger partial charge is 0.423 e. The highest BCUT2D eigenvalue weighted by Crippen LogP contribution is 2.16. The molecule has 0 aromatic heterocycles. The highest BCUT2D eigenvalue weighted by atomic mass is 16.5. The van der Waals surface area contributed by atoms with Gasteiger partial charge in [0, 0.05) is 31.4 Å². The third-order valence-electron chi connectivity index (χ3n) is 3.95. The van der Waals surface area contributed by atoms with Crippen LogP contribution in [0.2, 0.25) is 0 Å². The number of rotatable bonds is 9. The van der Waals surface area contributed by atoms with Crippen LogP contribution in [-0.4, -0.2) is 38.0 Å². The van der Waals surface area contributed by atoms with E-state index in [0.717, 1.165) is 25.1 Å². The Morgan fingerprint density at radius 3 is 2.32 bits per heavy atom. The molecule has 5 heteroatoms. The van der Waals surface area contributed by atoms with Crippen molar-refractivity contribution in [3.63, 3.8) is 0 Å². The van der Waals surface area contributed by atoms with Gasteiger partial charge in [-0.25, -0.2) is 4.99 Å². The molecule has 0 aliphatic heterocycles. The molecule has 1 unspecified atom stereocenters. The Morgan fingerprint density at radius 2 is 1.84 bits per heavy atom. The van der Waals surface area contributed by atoms with Gasteiger partial charge in [0.15, 0.2) is 12.0 Å². The molecule has 0 fully saturated rings. The van der Waals surface area contributed by atoms with Crippen LogP contribution < -0.4 is 10.2 Å². The second-order valence-electron chi connectivity index (χ2n) is 5.76. The van der Waals surface area contributed by atoms with Gasteiger partial charge in [-0.1, -0.05) is 19.1 Å². The standard InChI is InChI=1S/C20H31N3O2/c1-6-16(5)22-20(21-7-2)25-19(15-24)14-17-10-12-18(13-11-17)23(8-3)9-4/h10-16H,6-9H2,1-5H3,(H,21,22)/b19-14+. The van der Waals surface area contributed by atoms with Gasteiger partial charge in [-0.15, -0.1) is 0 Å². The van der Waals surface area contributed by atoms with Gasteiger partial charge < -0.3 is 15.0 Å². The van der Waals surface area contributed by atoms with E-state index in [2.05, 4.69) is 48.1 Å². The summed E-state index contributed by atoms with van der Waals surface area (Å²) in [5, 5.41) is 3.18. The predicted octanol–water partition coefficient (Wildman–Crippen LogP) is 3.85. The first-order valence-corrected chi connectivity index (χ1v) is 9.08. The van der Waals surface area contributed by atoms with Crippen LogP contribution in [0.5, 0.6) is 0 Å². The summed E-state index contributed by atoms with van der Waals surface area (Å²) in [6.45, 7) is 12.8. The van der Waals surface area contributed by atoms with Crippen molar-refractivity contribution in [2.75, 3.05) is 24.5 Å². The third kappa shape index (κ3) is 6.99. The van der Waals surface area contributed by atoms with Gasteiger partial charge in [-0.2, -0.15) is 0 Å². The number of nitrogens with one attached hydrogen (secondary N) is 1. The summed E-state index contributed by atoms with van der Waals surface area (Å²) < 4.78 is 5.66. The zero-order valence-electron chi connectivity index (χ0n) is 16.1. The molecule has 0 amide bonds. The normalized spacial score (nSPS) is 13.3. The predicted molar refractivity (Wildman–Crippen MR) is 106 cm³/mol. The number of carbonyl (C=O) groups is 1. The van der Waals surface area contributed by atoms with Crippen LogP contribution in [0.15, 0.2) is 35.0 Å². The van der Waals surface area contributed by atoms with E-state index in [1.807, 2.05) is 26.0 Å². The van der Waals surface area contributed by atoms with Crippen molar-refractivity contribution < 1.29 is 9.53 Å². The first-order chi connectivity index (χ1) is 12.1. The lowest BCUT2D eigenvalue weighted by atomic mass is 10.1. The molecule has 138 valence electrons. The van der Waals surface area contributed by atoms with Crippen molar-refractivity contribution in [1.29, 1.82) is 0 Å². The Morgan fingerprint density at radius 1 is 1.20 bits per heavy atom. The van der Waals surface area contributed by atoms with Crippen LogP contribution in [0.4, 0.5) is 5.69 Å². The van der Waals surface area contributed by atoms with E-state index in [-0.39, 0.29) is 11.8 Å². The summed E-state index contributed by atoms with van der Waals surface area (Å²) in [7, 11) is 0. The van der Waals surface area contributed by atoms with Crippen LogP contribution in [0, 0.1) is 0 Å². The molecule has 0 aliphatic carbocycles. The topological polar surface area (TPSA) is 53.9 Å². The van der Waals surface area contributed by atoms with E-state index in [1.165, 1.54) is 5.69 Å². The fraction of sp³-hybridized carbons (Fsp3) is 0.500. The molecule has 0 saturated heterocycles. The number of aldehydes is 1. The Bertz CT molecular complexity index is 575. The average Bonchev–Trinajstić information content (AvgIpc) is 2.63. The molecule has 1 rings (SSSR count). The molecule has 1 N–H and O–H groups in total. The van der Waals surface area contributed by atoms with Gasteiger partial charge >= 0.3 is 0 Å². The lowest BCUT2D eigenvalue weighted by Gasteiger charge is -2.20. The SMILES string of the molecule is CCN=C(NC(C)CC)O/C(C=O)=C/c1ccc(N(CC)CC)cc1. The summed E-state index contributed by atoms with van der Waals surface area (Å²) in [5.74, 6) is 0.235. The van der Waals surface area contributed by atoms with Crippen LogP contribution in [0.25, 0.3) is 6.08 Å². The smallest absolute Gasteiger partial charge is 0.290 e. The molecular formula is C20H31N3O2. The van der Waals surface area contributed by atoms with Crippen molar-refractivity contribution in [3.8, 4) is 0 Å². The molecule has 5 nitrogen and oxygen atoms in total. The van der Waals surface area contributed by atoms with Crippen molar-refractivity contribution in [1.82, 2.24) is 5.32 Å². The van der Waals surface area contributed by atoms with E-state index in [4.69, 9.17) is 4.74 Å². The minimum absolute atomic E-state index is 0.228. The van der Waals surface area contributed by atoms with E-state index >= 15 is 0 Å². The lowest BCUT2D eigenvalue weighted by Crippen LogP contribution is -2.34. The van der Waals surface area contributed by atoms with Gasteiger partial charge in [0.2, 0.25) is 0 Å². The second kappa shape index (κ2) is 11.3. The van der Waals surface area contributed by atoms with Crippen LogP contribution in [0.1, 0.15) is 46.6 Å². The molecular weight excluding hydrogens is 314 g/mol. The Kier molecular flexibility index (Phi) is 9.37. The summed E-state index contributed by atoms with van der Waals surface area (Å²) in [6.07, 6.45) is 3.38. The second-order valence-corrected chi connectivity index (χ2v) is 5.76. The molecule has 0 radical (unpaired) electrons. The van der Waals surface area contributed by atoms with E-state index in [1.54, 1.807) is 6.08 Å². The van der Waals surface area contributed by atoms with Gasteiger partial charge in [-0.05, 0) is 57.9 Å². The zero-order chi connectivity index (χ0) is 18.7. The zero-order valence-corrected chi connectivity index (χ0v) is 16.1. The Hall–Kier alpha value is -2.30. The van der Waals surface area contributed by atoms with Crippen molar-refractivity contribution in [2.45, 2.75) is 47.1 Å². The Balaban J connectivity index is 2.90. The molecule has 0 spiro atoms. The number of hydrogen-bond donors (Lipinski definition) is 1. The number of amidine groups is 1. The van der Waals surface area contributed by atoms with Gasteiger partial charge in [0.05, 0.1) is 0 Å². The first kappa shape index (κ1) is 20.7. The number of aliphatic imine (C=N–C) groups is 1. The fourth-order valence-electron chi connectivity index (χ4n) is 2.30. The summed E-state index contributed by atoms with van der Waals surface area (Å²) in [6, 6.07) is 8.69. The molecule has 1 aromatic carbocycles. The maximum atomic E-state index is 11.4. The van der Waals surface area contributed by atoms with Crippen molar-refractivity contribution >= 4 is 24.1 Å². The maximum absolute atomic E-state index is 11.4. The fourth-order valence-corrected chi connectivity index (χ4v) is 2.30. The number of ether oxygens (including phenoxy) is 1. The average molecular weight is 345 g/mol. The van der Waals surface area contributed by atoms with Gasteiger partial charge in [0.1, 0.15) is 0 Å². The molecule has 0 aliphatic rings. The molecule has 1 atom stereocenters. The maximum Gasteiger partial charge on any atom is 0.290 e. The lowest BCUT2D eigenvalue weighted by molar-refractivity contribution is -0.106. The molecule has 1 aromatic rings. The molecule has 0 saturated carbocycles. The summed E-state index contributed by atoms with van der Waals surface area (Å²) in [4.78, 5) is 17.9. The summed E-state index contributed by atoms with van der Waals surface area (Å²) in [5.41, 5.74) is 2.08. The number of nitrogens with zero attached hydrogens (tertiary/aromatic N) is 2. The molecule has 25 heavy (non-hydrogen) atoms. The highest BCUT2D eigenvalue weighted by Gasteiger charge is 2.08. The first-order valence-electron chi connectivity index (χ1n) is 9.08.